The molecule has 1 N–H and O–H groups in total. The van der Waals surface area contributed by atoms with Crippen LogP contribution in [0.5, 0.6) is 0 Å². The van der Waals surface area contributed by atoms with Crippen molar-refractivity contribution >= 4 is 25.1 Å². The van der Waals surface area contributed by atoms with E-state index in [-0.39, 0.29) is 12.3 Å². The van der Waals surface area contributed by atoms with Crippen LogP contribution in [0.1, 0.15) is 21.5 Å². The normalized spacial score (nSPS) is 11.9. The van der Waals surface area contributed by atoms with Gasteiger partial charge in [0, 0.05) is 26.4 Å². The highest BCUT2D eigenvalue weighted by molar-refractivity contribution is 6.76. The lowest BCUT2D eigenvalue weighted by molar-refractivity contribution is 0.0696. The summed E-state index contributed by atoms with van der Waals surface area (Å²) in [5.74, 6) is -0.994. The molecule has 3 aromatic rings. The Labute approximate surface area is 166 Å². The Bertz CT molecular complexity index is 1020. The summed E-state index contributed by atoms with van der Waals surface area (Å²) >= 11 is 0. The van der Waals surface area contributed by atoms with E-state index in [1.807, 2.05) is 26.0 Å². The minimum Gasteiger partial charge on any atom is -0.478 e. The van der Waals surface area contributed by atoms with E-state index < -0.39 is 14.0 Å². The van der Waals surface area contributed by atoms with E-state index in [9.17, 15) is 9.90 Å². The number of fused-ring (bicyclic) bond motifs is 1. The van der Waals surface area contributed by atoms with Gasteiger partial charge in [-0.05, 0) is 25.5 Å². The van der Waals surface area contributed by atoms with Crippen LogP contribution in [-0.2, 0) is 11.5 Å². The number of nitrogens with zero attached hydrogens (tertiary/aromatic N) is 3. The Morgan fingerprint density at radius 2 is 1.96 bits per heavy atom. The van der Waals surface area contributed by atoms with Crippen LogP contribution in [0.3, 0.4) is 0 Å². The summed E-state index contributed by atoms with van der Waals surface area (Å²) in [5.41, 5.74) is 4.53. The number of benzene rings is 1. The van der Waals surface area contributed by atoms with Gasteiger partial charge in [-0.2, -0.15) is 0 Å². The molecule has 1 aromatic carbocycles. The standard InChI is InChI=1S/C21H27N3O3Si/c1-14-6-7-16(15(2)10-14)19-18-17(21(25)26)11-24(20(18)23-12-22-19)13-27-8-9-28(3,4)5/h6-7,10-12H,8-9,13H2,1-5H3,(H,25,26). The van der Waals surface area contributed by atoms with Gasteiger partial charge in [0.05, 0.1) is 16.6 Å². The van der Waals surface area contributed by atoms with Crippen LogP contribution in [0.25, 0.3) is 22.3 Å². The molecule has 0 saturated heterocycles. The number of carboxylic acid groups (broad SMARTS) is 1. The average Bonchev–Trinajstić information content (AvgIpc) is 2.97. The van der Waals surface area contributed by atoms with E-state index in [2.05, 4.69) is 35.7 Å². The Morgan fingerprint density at radius 1 is 1.21 bits per heavy atom. The largest absolute Gasteiger partial charge is 0.478 e. The monoisotopic (exact) mass is 397 g/mol. The van der Waals surface area contributed by atoms with Gasteiger partial charge in [0.25, 0.3) is 0 Å². The summed E-state index contributed by atoms with van der Waals surface area (Å²) in [6.45, 7) is 11.9. The number of hydrogen-bond acceptors (Lipinski definition) is 4. The second-order valence-electron chi connectivity index (χ2n) is 8.40. The van der Waals surface area contributed by atoms with Gasteiger partial charge in [-0.25, -0.2) is 14.8 Å². The van der Waals surface area contributed by atoms with E-state index in [1.54, 1.807) is 10.8 Å². The number of hydrogen-bond donors (Lipinski definition) is 1. The Morgan fingerprint density at radius 3 is 2.61 bits per heavy atom. The van der Waals surface area contributed by atoms with E-state index in [1.165, 1.54) is 6.33 Å². The molecule has 6 nitrogen and oxygen atoms in total. The summed E-state index contributed by atoms with van der Waals surface area (Å²) in [4.78, 5) is 20.7. The van der Waals surface area contributed by atoms with Crippen LogP contribution < -0.4 is 0 Å². The van der Waals surface area contributed by atoms with Crippen molar-refractivity contribution in [2.75, 3.05) is 6.61 Å². The molecule has 2 heterocycles. The van der Waals surface area contributed by atoms with Gasteiger partial charge < -0.3 is 14.4 Å². The van der Waals surface area contributed by atoms with E-state index in [0.29, 0.717) is 23.3 Å². The molecular formula is C21H27N3O3Si. The van der Waals surface area contributed by atoms with Crippen LogP contribution >= 0.6 is 0 Å². The van der Waals surface area contributed by atoms with Crippen LogP contribution in [0.4, 0.5) is 0 Å². The molecule has 0 aliphatic heterocycles. The molecule has 7 heteroatoms. The molecule has 0 atom stereocenters. The molecule has 0 aliphatic carbocycles. The van der Waals surface area contributed by atoms with Crippen molar-refractivity contribution < 1.29 is 14.6 Å². The molecule has 28 heavy (non-hydrogen) atoms. The topological polar surface area (TPSA) is 77.2 Å². The van der Waals surface area contributed by atoms with Crippen LogP contribution in [-0.4, -0.2) is 40.3 Å². The number of rotatable bonds is 7. The Balaban J connectivity index is 2.03. The number of ether oxygens (including phenoxy) is 1. The Kier molecular flexibility index (Phi) is 5.67. The quantitative estimate of drug-likeness (QED) is 0.461. The Hall–Kier alpha value is -2.51. The first-order valence-electron chi connectivity index (χ1n) is 9.40. The zero-order chi connectivity index (χ0) is 20.5. The molecule has 0 saturated carbocycles. The number of aromatic nitrogens is 3. The van der Waals surface area contributed by atoms with Gasteiger partial charge in [-0.1, -0.05) is 43.4 Å². The minimum absolute atomic E-state index is 0.194. The summed E-state index contributed by atoms with van der Waals surface area (Å²) in [7, 11) is -1.18. The van der Waals surface area contributed by atoms with Gasteiger partial charge in [0.1, 0.15) is 18.7 Å². The highest BCUT2D eigenvalue weighted by Crippen LogP contribution is 2.32. The minimum atomic E-state index is -1.18. The van der Waals surface area contributed by atoms with E-state index in [0.717, 1.165) is 22.7 Å². The third kappa shape index (κ3) is 4.31. The van der Waals surface area contributed by atoms with Gasteiger partial charge in [-0.3, -0.25) is 0 Å². The smallest absolute Gasteiger partial charge is 0.338 e. The maximum atomic E-state index is 11.9. The van der Waals surface area contributed by atoms with Crippen molar-refractivity contribution in [3.8, 4) is 11.3 Å². The van der Waals surface area contributed by atoms with Crippen molar-refractivity contribution in [3.63, 3.8) is 0 Å². The lowest BCUT2D eigenvalue weighted by atomic mass is 10.00. The van der Waals surface area contributed by atoms with Crippen LogP contribution in [0.15, 0.2) is 30.7 Å². The fourth-order valence-corrected chi connectivity index (χ4v) is 3.97. The maximum absolute atomic E-state index is 11.9. The molecule has 0 amide bonds. The van der Waals surface area contributed by atoms with Gasteiger partial charge >= 0.3 is 5.97 Å². The molecule has 3 rings (SSSR count). The molecule has 0 radical (unpaired) electrons. The number of carbonyl (C=O) groups is 1. The summed E-state index contributed by atoms with van der Waals surface area (Å²) in [6.07, 6.45) is 3.09. The molecular weight excluding hydrogens is 370 g/mol. The van der Waals surface area contributed by atoms with Crippen molar-refractivity contribution in [3.05, 3.63) is 47.4 Å². The molecule has 0 spiro atoms. The maximum Gasteiger partial charge on any atom is 0.338 e. The van der Waals surface area contributed by atoms with E-state index >= 15 is 0 Å². The fraction of sp³-hybridized carbons (Fsp3) is 0.381. The van der Waals surface area contributed by atoms with E-state index in [4.69, 9.17) is 4.74 Å². The first-order valence-corrected chi connectivity index (χ1v) is 13.1. The summed E-state index contributed by atoms with van der Waals surface area (Å²) in [5, 5.41) is 10.3. The van der Waals surface area contributed by atoms with Crippen molar-refractivity contribution in [2.45, 2.75) is 46.3 Å². The molecule has 148 valence electrons. The summed E-state index contributed by atoms with van der Waals surface area (Å²) < 4.78 is 7.59. The second kappa shape index (κ2) is 7.85. The first-order chi connectivity index (χ1) is 13.2. The second-order valence-corrected chi connectivity index (χ2v) is 14.0. The number of carboxylic acids is 1. The fourth-order valence-electron chi connectivity index (χ4n) is 3.21. The average molecular weight is 398 g/mol. The highest BCUT2D eigenvalue weighted by Gasteiger charge is 2.21. The first kappa shape index (κ1) is 20.2. The van der Waals surface area contributed by atoms with Crippen molar-refractivity contribution in [2.24, 2.45) is 0 Å². The zero-order valence-corrected chi connectivity index (χ0v) is 18.1. The highest BCUT2D eigenvalue weighted by atomic mass is 28.3. The van der Waals surface area contributed by atoms with Crippen molar-refractivity contribution in [1.82, 2.24) is 14.5 Å². The lowest BCUT2D eigenvalue weighted by Crippen LogP contribution is -2.22. The van der Waals surface area contributed by atoms with Gasteiger partial charge in [0.15, 0.2) is 0 Å². The number of aryl methyl sites for hydroxylation is 2. The molecule has 0 fully saturated rings. The summed E-state index contributed by atoms with van der Waals surface area (Å²) in [6, 6.07) is 7.12. The third-order valence-electron chi connectivity index (χ3n) is 4.75. The molecule has 0 bridgehead atoms. The molecule has 0 aliphatic rings. The molecule has 2 aromatic heterocycles. The predicted molar refractivity (Wildman–Crippen MR) is 114 cm³/mol. The third-order valence-corrected chi connectivity index (χ3v) is 6.45. The number of aromatic carboxylic acids is 1. The van der Waals surface area contributed by atoms with Gasteiger partial charge in [0.2, 0.25) is 0 Å². The molecule has 0 unspecified atom stereocenters. The predicted octanol–water partition coefficient (Wildman–Crippen LogP) is 4.73. The zero-order valence-electron chi connectivity index (χ0n) is 17.1. The van der Waals surface area contributed by atoms with Crippen molar-refractivity contribution in [1.29, 1.82) is 0 Å². The SMILES string of the molecule is Cc1ccc(-c2ncnc3c2c(C(=O)O)cn3COCC[Si](C)(C)C)c(C)c1. The van der Waals surface area contributed by atoms with Crippen LogP contribution in [0, 0.1) is 13.8 Å². The lowest BCUT2D eigenvalue weighted by Gasteiger charge is -2.15. The van der Waals surface area contributed by atoms with Crippen LogP contribution in [0.2, 0.25) is 25.7 Å². The van der Waals surface area contributed by atoms with Gasteiger partial charge in [-0.15, -0.1) is 0 Å².